The minimum absolute atomic E-state index is 0.196. The van der Waals surface area contributed by atoms with Gasteiger partial charge in [0.25, 0.3) is 0 Å². The van der Waals surface area contributed by atoms with E-state index in [0.29, 0.717) is 5.65 Å². The summed E-state index contributed by atoms with van der Waals surface area (Å²) < 4.78 is 13.6. The summed E-state index contributed by atoms with van der Waals surface area (Å²) in [5.41, 5.74) is 5.88. The molecular weight excluding hydrogens is 399 g/mol. The third kappa shape index (κ3) is 2.69. The van der Waals surface area contributed by atoms with Gasteiger partial charge in [0.1, 0.15) is 5.69 Å². The van der Waals surface area contributed by atoms with Gasteiger partial charge in [0.2, 0.25) is 0 Å². The molecule has 0 aliphatic heterocycles. The molecule has 0 bridgehead atoms. The van der Waals surface area contributed by atoms with Crippen LogP contribution in [0.5, 0.6) is 0 Å². The Kier molecular flexibility index (Phi) is 3.72. The number of aromatic nitrogens is 6. The van der Waals surface area contributed by atoms with Gasteiger partial charge in [-0.25, -0.2) is 4.98 Å². The van der Waals surface area contributed by atoms with Crippen LogP contribution in [0.25, 0.3) is 55.0 Å². The van der Waals surface area contributed by atoms with Gasteiger partial charge < -0.3 is 4.98 Å². The lowest BCUT2D eigenvalue weighted by Crippen LogP contribution is -1.86. The Balaban J connectivity index is 1.52. The summed E-state index contributed by atoms with van der Waals surface area (Å²) in [5, 5.41) is 9.19. The molecule has 0 aliphatic rings. The summed E-state index contributed by atoms with van der Waals surface area (Å²) in [6.07, 6.45) is 6.75. The molecule has 5 aromatic heterocycles. The fraction of sp³-hybridized carbons (Fsp3) is 0. The normalized spacial score (nSPS) is 11.5. The van der Waals surface area contributed by atoms with Crippen LogP contribution in [-0.2, 0) is 0 Å². The van der Waals surface area contributed by atoms with E-state index in [-0.39, 0.29) is 5.13 Å². The van der Waals surface area contributed by atoms with Crippen LogP contribution in [0, 0.1) is 5.13 Å². The van der Waals surface area contributed by atoms with Gasteiger partial charge in [-0.1, -0.05) is 12.1 Å². The van der Waals surface area contributed by atoms with E-state index >= 15 is 0 Å². The van der Waals surface area contributed by atoms with Gasteiger partial charge in [-0.15, -0.1) is 11.3 Å². The van der Waals surface area contributed by atoms with Crippen molar-refractivity contribution in [3.8, 4) is 33.1 Å². The van der Waals surface area contributed by atoms with Crippen molar-refractivity contribution in [1.82, 2.24) is 30.1 Å². The van der Waals surface area contributed by atoms with E-state index in [0.717, 1.165) is 60.7 Å². The molecular formula is C22H13FN6S. The number of aromatic amines is 2. The van der Waals surface area contributed by atoms with E-state index in [1.807, 2.05) is 36.4 Å². The standard InChI is InChI=1S/C22H13FN6S/c23-20-5-4-19(30-20)13-2-1-3-16-14(13)9-17(27-16)21-15-8-12(10-26-22(15)29-28-21)18-11-24-6-7-25-18/h1-11,27H,(H,26,28,29). The van der Waals surface area contributed by atoms with E-state index in [4.69, 9.17) is 0 Å². The Bertz CT molecular complexity index is 1520. The van der Waals surface area contributed by atoms with Crippen molar-refractivity contribution in [1.29, 1.82) is 0 Å². The maximum absolute atomic E-state index is 13.6. The molecule has 0 atom stereocenters. The number of nitrogens with one attached hydrogen (secondary N) is 2. The summed E-state index contributed by atoms with van der Waals surface area (Å²) in [5.74, 6) is 0. The molecule has 2 N–H and O–H groups in total. The Morgan fingerprint density at radius 2 is 1.90 bits per heavy atom. The van der Waals surface area contributed by atoms with Gasteiger partial charge in [-0.05, 0) is 30.3 Å². The molecule has 144 valence electrons. The van der Waals surface area contributed by atoms with Crippen LogP contribution in [0.4, 0.5) is 4.39 Å². The van der Waals surface area contributed by atoms with Crippen molar-refractivity contribution in [3.05, 3.63) is 72.4 Å². The lowest BCUT2D eigenvalue weighted by atomic mass is 10.1. The van der Waals surface area contributed by atoms with Crippen LogP contribution in [0.15, 0.2) is 67.3 Å². The highest BCUT2D eigenvalue weighted by Gasteiger charge is 2.15. The molecule has 0 amide bonds. The highest BCUT2D eigenvalue weighted by atomic mass is 32.1. The average molecular weight is 412 g/mol. The van der Waals surface area contributed by atoms with Crippen molar-refractivity contribution in [3.63, 3.8) is 0 Å². The van der Waals surface area contributed by atoms with Gasteiger partial charge in [0.05, 0.1) is 17.6 Å². The largest absolute Gasteiger partial charge is 0.353 e. The van der Waals surface area contributed by atoms with Crippen molar-refractivity contribution < 1.29 is 4.39 Å². The van der Waals surface area contributed by atoms with Crippen LogP contribution < -0.4 is 0 Å². The predicted molar refractivity (Wildman–Crippen MR) is 115 cm³/mol. The first-order valence-corrected chi connectivity index (χ1v) is 10.1. The molecule has 0 aliphatic carbocycles. The average Bonchev–Trinajstić information content (AvgIpc) is 3.51. The van der Waals surface area contributed by atoms with E-state index in [9.17, 15) is 4.39 Å². The van der Waals surface area contributed by atoms with E-state index in [1.165, 1.54) is 6.07 Å². The van der Waals surface area contributed by atoms with E-state index in [1.54, 1.807) is 24.8 Å². The first kappa shape index (κ1) is 17.0. The van der Waals surface area contributed by atoms with Gasteiger partial charge in [0, 0.05) is 50.9 Å². The maximum Gasteiger partial charge on any atom is 0.176 e. The molecule has 1 aromatic carbocycles. The second-order valence-corrected chi connectivity index (χ2v) is 7.87. The van der Waals surface area contributed by atoms with Crippen molar-refractivity contribution in [2.45, 2.75) is 0 Å². The molecule has 5 heterocycles. The fourth-order valence-corrected chi connectivity index (χ4v) is 4.42. The van der Waals surface area contributed by atoms with Gasteiger partial charge in [-0.2, -0.15) is 9.49 Å². The Morgan fingerprint density at radius 3 is 2.73 bits per heavy atom. The molecule has 6 nitrogen and oxygen atoms in total. The number of nitrogens with zero attached hydrogens (tertiary/aromatic N) is 4. The number of pyridine rings is 1. The van der Waals surface area contributed by atoms with Crippen LogP contribution in [-0.4, -0.2) is 30.1 Å². The molecule has 6 aromatic rings. The maximum atomic E-state index is 13.6. The Morgan fingerprint density at radius 1 is 0.933 bits per heavy atom. The zero-order valence-corrected chi connectivity index (χ0v) is 16.2. The number of hydrogen-bond donors (Lipinski definition) is 2. The molecule has 0 spiro atoms. The second kappa shape index (κ2) is 6.57. The topological polar surface area (TPSA) is 83.1 Å². The molecule has 0 saturated carbocycles. The SMILES string of the molecule is Fc1ccc(-c2cccc3[nH]c(-c4n[nH]c5ncc(-c6cnccn6)cc45)cc23)s1. The number of H-pyrrole nitrogens is 2. The third-order valence-electron chi connectivity index (χ3n) is 5.03. The number of benzene rings is 1. The van der Waals surface area contributed by atoms with Gasteiger partial charge >= 0.3 is 0 Å². The number of thiophene rings is 1. The zero-order chi connectivity index (χ0) is 20.1. The summed E-state index contributed by atoms with van der Waals surface area (Å²) in [6, 6.07) is 13.3. The number of halogens is 1. The monoisotopic (exact) mass is 412 g/mol. The first-order chi connectivity index (χ1) is 14.8. The number of fused-ring (bicyclic) bond motifs is 2. The molecule has 6 rings (SSSR count). The summed E-state index contributed by atoms with van der Waals surface area (Å²) in [7, 11) is 0. The molecule has 0 radical (unpaired) electrons. The summed E-state index contributed by atoms with van der Waals surface area (Å²) >= 11 is 1.14. The highest BCUT2D eigenvalue weighted by Crippen LogP contribution is 2.36. The van der Waals surface area contributed by atoms with Crippen LogP contribution in [0.1, 0.15) is 0 Å². The van der Waals surface area contributed by atoms with Crippen LogP contribution in [0.2, 0.25) is 0 Å². The van der Waals surface area contributed by atoms with Gasteiger partial charge in [0.15, 0.2) is 10.8 Å². The minimum Gasteiger partial charge on any atom is -0.353 e. The Labute approximate surface area is 173 Å². The van der Waals surface area contributed by atoms with Crippen molar-refractivity contribution in [2.24, 2.45) is 0 Å². The lowest BCUT2D eigenvalue weighted by molar-refractivity contribution is 0.657. The van der Waals surface area contributed by atoms with Crippen molar-refractivity contribution in [2.75, 3.05) is 0 Å². The minimum atomic E-state index is -0.196. The zero-order valence-electron chi connectivity index (χ0n) is 15.4. The van der Waals surface area contributed by atoms with E-state index in [2.05, 4.69) is 30.1 Å². The lowest BCUT2D eigenvalue weighted by Gasteiger charge is -2.00. The fourth-order valence-electron chi connectivity index (χ4n) is 3.65. The molecule has 30 heavy (non-hydrogen) atoms. The summed E-state index contributed by atoms with van der Waals surface area (Å²) in [6.45, 7) is 0. The quantitative estimate of drug-likeness (QED) is 0.406. The smallest absolute Gasteiger partial charge is 0.176 e. The highest BCUT2D eigenvalue weighted by molar-refractivity contribution is 7.14. The number of hydrogen-bond acceptors (Lipinski definition) is 5. The Hall–Kier alpha value is -3.91. The van der Waals surface area contributed by atoms with Crippen LogP contribution >= 0.6 is 11.3 Å². The molecule has 0 fully saturated rings. The molecule has 0 unspecified atom stereocenters. The first-order valence-electron chi connectivity index (χ1n) is 9.24. The molecule has 8 heteroatoms. The number of rotatable bonds is 3. The van der Waals surface area contributed by atoms with Crippen LogP contribution in [0.3, 0.4) is 0 Å². The van der Waals surface area contributed by atoms with E-state index < -0.39 is 0 Å². The summed E-state index contributed by atoms with van der Waals surface area (Å²) in [4.78, 5) is 17.3. The molecule has 0 saturated heterocycles. The second-order valence-electron chi connectivity index (χ2n) is 6.84. The van der Waals surface area contributed by atoms with Crippen molar-refractivity contribution >= 4 is 33.3 Å². The third-order valence-corrected chi connectivity index (χ3v) is 5.94. The van der Waals surface area contributed by atoms with Gasteiger partial charge in [-0.3, -0.25) is 15.1 Å². The predicted octanol–water partition coefficient (Wildman–Crippen LogP) is 5.43.